The Hall–Kier alpha value is -0.680. The molecule has 0 fully saturated rings. The highest BCUT2D eigenvalue weighted by Gasteiger charge is 2.14. The minimum atomic E-state index is -4.36. The molecule has 7 heteroatoms. The number of rotatable bonds is 4. The standard InChI is InChI=1S/C6H10NO5P/c1-5-6(11-4-7-5)2-3-12-13(8,9)10/h4H,2-3H2,1H3,(H2,8,9,10). The summed E-state index contributed by atoms with van der Waals surface area (Å²) in [7, 11) is -4.36. The first kappa shape index (κ1) is 10.4. The van der Waals surface area contributed by atoms with Crippen LogP contribution in [0.4, 0.5) is 0 Å². The molecule has 0 radical (unpaired) electrons. The Labute approximate surface area is 74.8 Å². The van der Waals surface area contributed by atoms with Gasteiger partial charge in [0.15, 0.2) is 6.39 Å². The number of oxazole rings is 1. The van der Waals surface area contributed by atoms with Crippen LogP contribution in [0.25, 0.3) is 0 Å². The lowest BCUT2D eigenvalue weighted by molar-refractivity contribution is 0.196. The zero-order valence-electron chi connectivity index (χ0n) is 7.01. The van der Waals surface area contributed by atoms with Crippen LogP contribution in [0.1, 0.15) is 11.5 Å². The van der Waals surface area contributed by atoms with Gasteiger partial charge < -0.3 is 14.2 Å². The van der Waals surface area contributed by atoms with Crippen LogP contribution >= 0.6 is 7.82 Å². The highest BCUT2D eigenvalue weighted by Crippen LogP contribution is 2.35. The summed E-state index contributed by atoms with van der Waals surface area (Å²) >= 11 is 0. The molecule has 0 saturated carbocycles. The summed E-state index contributed by atoms with van der Waals surface area (Å²) < 4.78 is 19.4. The summed E-state index contributed by atoms with van der Waals surface area (Å²) in [5.74, 6) is 0.577. The molecule has 2 N–H and O–H groups in total. The minimum Gasteiger partial charge on any atom is -0.448 e. The van der Waals surface area contributed by atoms with Crippen LogP contribution in [0.2, 0.25) is 0 Å². The fourth-order valence-corrected chi connectivity index (χ4v) is 1.15. The Kier molecular flexibility index (Phi) is 3.22. The lowest BCUT2D eigenvalue weighted by atomic mass is 10.3. The minimum absolute atomic E-state index is 0.0830. The molecule has 1 heterocycles. The fourth-order valence-electron chi connectivity index (χ4n) is 0.823. The molecule has 0 atom stereocenters. The van der Waals surface area contributed by atoms with E-state index < -0.39 is 7.82 Å². The summed E-state index contributed by atoms with van der Waals surface area (Å²) in [6, 6.07) is 0. The van der Waals surface area contributed by atoms with Crippen molar-refractivity contribution in [3.05, 3.63) is 17.8 Å². The number of aryl methyl sites for hydroxylation is 1. The lowest BCUT2D eigenvalue weighted by Crippen LogP contribution is -1.97. The highest BCUT2D eigenvalue weighted by molar-refractivity contribution is 7.46. The maximum atomic E-state index is 10.3. The van der Waals surface area contributed by atoms with Crippen molar-refractivity contribution in [2.75, 3.05) is 6.61 Å². The SMILES string of the molecule is Cc1ncoc1CCOP(=O)(O)O. The Balaban J connectivity index is 2.36. The van der Waals surface area contributed by atoms with Crippen molar-refractivity contribution in [1.82, 2.24) is 4.98 Å². The average Bonchev–Trinajstić information content (AvgIpc) is 2.34. The van der Waals surface area contributed by atoms with Gasteiger partial charge in [0.25, 0.3) is 0 Å². The van der Waals surface area contributed by atoms with E-state index in [2.05, 4.69) is 9.51 Å². The third-order valence-corrected chi connectivity index (χ3v) is 1.95. The monoisotopic (exact) mass is 207 g/mol. The Morgan fingerprint density at radius 2 is 2.38 bits per heavy atom. The van der Waals surface area contributed by atoms with Crippen LogP contribution in [0.5, 0.6) is 0 Å². The van der Waals surface area contributed by atoms with Gasteiger partial charge in [0.2, 0.25) is 0 Å². The molecular weight excluding hydrogens is 197 g/mol. The van der Waals surface area contributed by atoms with Crippen molar-refractivity contribution in [3.8, 4) is 0 Å². The molecule has 0 bridgehead atoms. The third kappa shape index (κ3) is 3.69. The zero-order valence-corrected chi connectivity index (χ0v) is 7.90. The van der Waals surface area contributed by atoms with Crippen molar-refractivity contribution >= 4 is 7.82 Å². The van der Waals surface area contributed by atoms with Gasteiger partial charge in [0, 0.05) is 6.42 Å². The van der Waals surface area contributed by atoms with E-state index in [1.807, 2.05) is 0 Å². The second-order valence-electron chi connectivity index (χ2n) is 2.43. The van der Waals surface area contributed by atoms with E-state index in [9.17, 15) is 4.57 Å². The van der Waals surface area contributed by atoms with Gasteiger partial charge in [-0.1, -0.05) is 0 Å². The average molecular weight is 207 g/mol. The molecule has 74 valence electrons. The highest BCUT2D eigenvalue weighted by atomic mass is 31.2. The number of phosphoric acid groups is 1. The van der Waals surface area contributed by atoms with E-state index in [-0.39, 0.29) is 6.61 Å². The zero-order chi connectivity index (χ0) is 9.90. The summed E-state index contributed by atoms with van der Waals surface area (Å²) in [6.07, 6.45) is 1.58. The Bertz CT molecular complexity index is 317. The summed E-state index contributed by atoms with van der Waals surface area (Å²) in [5.41, 5.74) is 0.703. The van der Waals surface area contributed by atoms with Gasteiger partial charge in [-0.15, -0.1) is 0 Å². The molecule has 1 rings (SSSR count). The summed E-state index contributed by atoms with van der Waals surface area (Å²) in [5, 5.41) is 0. The predicted molar refractivity (Wildman–Crippen MR) is 42.9 cm³/mol. The van der Waals surface area contributed by atoms with Crippen LogP contribution in [-0.4, -0.2) is 21.4 Å². The molecule has 0 aliphatic heterocycles. The van der Waals surface area contributed by atoms with E-state index in [1.165, 1.54) is 6.39 Å². The predicted octanol–water partition coefficient (Wildman–Crippen LogP) is 0.635. The van der Waals surface area contributed by atoms with Crippen LogP contribution in [-0.2, 0) is 15.5 Å². The molecule has 0 aliphatic rings. The van der Waals surface area contributed by atoms with Gasteiger partial charge in [0.1, 0.15) is 5.76 Å². The molecule has 0 aliphatic carbocycles. The smallest absolute Gasteiger partial charge is 0.448 e. The number of hydrogen-bond acceptors (Lipinski definition) is 4. The molecule has 13 heavy (non-hydrogen) atoms. The largest absolute Gasteiger partial charge is 0.469 e. The van der Waals surface area contributed by atoms with Crippen LogP contribution in [0, 0.1) is 6.92 Å². The third-order valence-electron chi connectivity index (χ3n) is 1.43. The van der Waals surface area contributed by atoms with Crippen LogP contribution < -0.4 is 0 Å². The number of nitrogens with zero attached hydrogens (tertiary/aromatic N) is 1. The maximum Gasteiger partial charge on any atom is 0.469 e. The molecule has 0 amide bonds. The van der Waals surface area contributed by atoms with Crippen LogP contribution in [0.3, 0.4) is 0 Å². The first-order chi connectivity index (χ1) is 5.99. The lowest BCUT2D eigenvalue weighted by Gasteiger charge is -2.02. The molecule has 6 nitrogen and oxygen atoms in total. The quantitative estimate of drug-likeness (QED) is 0.703. The molecule has 0 unspecified atom stereocenters. The van der Waals surface area contributed by atoms with E-state index in [0.29, 0.717) is 17.9 Å². The Morgan fingerprint density at radius 1 is 1.69 bits per heavy atom. The van der Waals surface area contributed by atoms with Crippen molar-refractivity contribution in [3.63, 3.8) is 0 Å². The molecule has 1 aromatic heterocycles. The second-order valence-corrected chi connectivity index (χ2v) is 3.67. The van der Waals surface area contributed by atoms with E-state index >= 15 is 0 Å². The van der Waals surface area contributed by atoms with Crippen molar-refractivity contribution in [2.45, 2.75) is 13.3 Å². The van der Waals surface area contributed by atoms with Crippen molar-refractivity contribution in [1.29, 1.82) is 0 Å². The molecule has 1 aromatic rings. The van der Waals surface area contributed by atoms with Gasteiger partial charge in [-0.3, -0.25) is 4.52 Å². The van der Waals surface area contributed by atoms with Gasteiger partial charge >= 0.3 is 7.82 Å². The second kappa shape index (κ2) is 4.02. The van der Waals surface area contributed by atoms with Crippen molar-refractivity contribution < 1.29 is 23.3 Å². The molecule has 0 aromatic carbocycles. The number of hydrogen-bond donors (Lipinski definition) is 2. The van der Waals surface area contributed by atoms with Crippen molar-refractivity contribution in [2.24, 2.45) is 0 Å². The number of phosphoric ester groups is 1. The molecule has 0 saturated heterocycles. The summed E-state index contributed by atoms with van der Waals surface area (Å²) in [4.78, 5) is 20.5. The maximum absolute atomic E-state index is 10.3. The first-order valence-corrected chi connectivity index (χ1v) is 5.11. The van der Waals surface area contributed by atoms with Crippen LogP contribution in [0.15, 0.2) is 10.8 Å². The van der Waals surface area contributed by atoms with Gasteiger partial charge in [-0.05, 0) is 6.92 Å². The van der Waals surface area contributed by atoms with Gasteiger partial charge in [0.05, 0.1) is 12.3 Å². The normalized spacial score (nSPS) is 11.9. The number of aromatic nitrogens is 1. The molecule has 0 spiro atoms. The van der Waals surface area contributed by atoms with E-state index in [1.54, 1.807) is 6.92 Å². The molecular formula is C6H10NO5P. The topological polar surface area (TPSA) is 92.8 Å². The van der Waals surface area contributed by atoms with Gasteiger partial charge in [-0.2, -0.15) is 0 Å². The fraction of sp³-hybridized carbons (Fsp3) is 0.500. The Morgan fingerprint density at radius 3 is 2.85 bits per heavy atom. The van der Waals surface area contributed by atoms with Gasteiger partial charge in [-0.25, -0.2) is 9.55 Å². The first-order valence-electron chi connectivity index (χ1n) is 3.58. The summed E-state index contributed by atoms with van der Waals surface area (Å²) in [6.45, 7) is 1.66. The van der Waals surface area contributed by atoms with E-state index in [4.69, 9.17) is 14.2 Å². The van der Waals surface area contributed by atoms with E-state index in [0.717, 1.165) is 0 Å².